The number of aliphatic carboxylic acids is 1. The zero-order valence-corrected chi connectivity index (χ0v) is 11.5. The van der Waals surface area contributed by atoms with E-state index in [0.29, 0.717) is 18.7 Å². The summed E-state index contributed by atoms with van der Waals surface area (Å²) in [6, 6.07) is 7.39. The Labute approximate surface area is 117 Å². The van der Waals surface area contributed by atoms with E-state index in [1.165, 1.54) is 0 Å². The lowest BCUT2D eigenvalue weighted by atomic mass is 9.96. The molecule has 2 rings (SSSR count). The van der Waals surface area contributed by atoms with Crippen molar-refractivity contribution in [2.24, 2.45) is 5.92 Å². The summed E-state index contributed by atoms with van der Waals surface area (Å²) < 4.78 is 5.38. The lowest BCUT2D eigenvalue weighted by Gasteiger charge is -2.18. The molecule has 1 fully saturated rings. The van der Waals surface area contributed by atoms with Crippen LogP contribution in [0.25, 0.3) is 0 Å². The average Bonchev–Trinajstić information content (AvgIpc) is 2.92. The molecule has 1 saturated heterocycles. The second kappa shape index (κ2) is 6.52. The van der Waals surface area contributed by atoms with Crippen molar-refractivity contribution in [2.75, 3.05) is 11.9 Å². The van der Waals surface area contributed by atoms with E-state index in [1.807, 2.05) is 19.1 Å². The number of ether oxygens (including phenoxy) is 1. The molecule has 0 saturated carbocycles. The van der Waals surface area contributed by atoms with Gasteiger partial charge in [0.05, 0.1) is 12.0 Å². The molecule has 0 aromatic heterocycles. The van der Waals surface area contributed by atoms with Crippen LogP contribution < -0.4 is 5.32 Å². The van der Waals surface area contributed by atoms with Gasteiger partial charge in [-0.3, -0.25) is 9.59 Å². The Morgan fingerprint density at radius 3 is 2.65 bits per heavy atom. The Kier molecular flexibility index (Phi) is 4.74. The maximum atomic E-state index is 11.9. The lowest BCUT2D eigenvalue weighted by Crippen LogP contribution is -2.31. The van der Waals surface area contributed by atoms with Gasteiger partial charge in [-0.1, -0.05) is 17.7 Å². The summed E-state index contributed by atoms with van der Waals surface area (Å²) >= 11 is 0. The highest BCUT2D eigenvalue weighted by Gasteiger charge is 2.33. The van der Waals surface area contributed by atoms with Crippen LogP contribution in [0.1, 0.15) is 24.8 Å². The molecule has 2 atom stereocenters. The van der Waals surface area contributed by atoms with Gasteiger partial charge >= 0.3 is 5.97 Å². The van der Waals surface area contributed by atoms with Crippen LogP contribution in [0.5, 0.6) is 0 Å². The topological polar surface area (TPSA) is 75.6 Å². The van der Waals surface area contributed by atoms with Crippen molar-refractivity contribution in [2.45, 2.75) is 32.3 Å². The van der Waals surface area contributed by atoms with Crippen LogP contribution in [0.4, 0.5) is 5.69 Å². The number of rotatable bonds is 5. The molecular formula is C15H19NO4. The van der Waals surface area contributed by atoms with Crippen molar-refractivity contribution in [3.8, 4) is 0 Å². The van der Waals surface area contributed by atoms with Crippen molar-refractivity contribution in [3.63, 3.8) is 0 Å². The molecule has 0 aliphatic carbocycles. The minimum atomic E-state index is -0.976. The van der Waals surface area contributed by atoms with Crippen LogP contribution in [-0.4, -0.2) is 29.7 Å². The van der Waals surface area contributed by atoms with Crippen LogP contribution in [0.15, 0.2) is 24.3 Å². The monoisotopic (exact) mass is 277 g/mol. The van der Waals surface area contributed by atoms with Gasteiger partial charge in [-0.15, -0.1) is 0 Å². The van der Waals surface area contributed by atoms with Gasteiger partial charge in [-0.2, -0.15) is 0 Å². The van der Waals surface area contributed by atoms with E-state index in [9.17, 15) is 14.7 Å². The van der Waals surface area contributed by atoms with Crippen molar-refractivity contribution >= 4 is 17.6 Å². The summed E-state index contributed by atoms with van der Waals surface area (Å²) in [7, 11) is 0. The molecule has 0 unspecified atom stereocenters. The van der Waals surface area contributed by atoms with E-state index in [1.54, 1.807) is 12.1 Å². The highest BCUT2D eigenvalue weighted by molar-refractivity contribution is 5.93. The summed E-state index contributed by atoms with van der Waals surface area (Å²) in [5.41, 5.74) is 1.78. The van der Waals surface area contributed by atoms with E-state index in [2.05, 4.69) is 5.32 Å². The van der Waals surface area contributed by atoms with E-state index in [4.69, 9.17) is 4.74 Å². The summed E-state index contributed by atoms with van der Waals surface area (Å²) in [4.78, 5) is 23.2. The van der Waals surface area contributed by atoms with Crippen molar-refractivity contribution in [3.05, 3.63) is 29.8 Å². The normalized spacial score (nSPS) is 19.6. The predicted molar refractivity (Wildman–Crippen MR) is 74.5 cm³/mol. The molecule has 108 valence electrons. The number of amides is 1. The second-order valence-electron chi connectivity index (χ2n) is 5.11. The SMILES string of the molecule is Cc1ccc(NC(=O)C[C@@H](C(=O)O)[C@@H]2CCCO2)cc1. The number of hydrogen-bond donors (Lipinski definition) is 2. The van der Waals surface area contributed by atoms with Crippen LogP contribution in [-0.2, 0) is 14.3 Å². The van der Waals surface area contributed by atoms with Gasteiger partial charge in [0.25, 0.3) is 0 Å². The first-order valence-corrected chi connectivity index (χ1v) is 6.77. The third-order valence-corrected chi connectivity index (χ3v) is 3.47. The van der Waals surface area contributed by atoms with E-state index >= 15 is 0 Å². The number of carbonyl (C=O) groups is 2. The van der Waals surface area contributed by atoms with E-state index in [-0.39, 0.29) is 18.4 Å². The van der Waals surface area contributed by atoms with Crippen LogP contribution in [0.2, 0.25) is 0 Å². The molecule has 0 radical (unpaired) electrons. The highest BCUT2D eigenvalue weighted by atomic mass is 16.5. The first-order chi connectivity index (χ1) is 9.56. The molecule has 1 aromatic rings. The molecule has 0 spiro atoms. The number of carboxylic acids is 1. The van der Waals surface area contributed by atoms with Crippen molar-refractivity contribution < 1.29 is 19.4 Å². The number of hydrogen-bond acceptors (Lipinski definition) is 3. The average molecular weight is 277 g/mol. The number of aryl methyl sites for hydroxylation is 1. The van der Waals surface area contributed by atoms with Crippen molar-refractivity contribution in [1.82, 2.24) is 0 Å². The zero-order valence-electron chi connectivity index (χ0n) is 11.5. The summed E-state index contributed by atoms with van der Waals surface area (Å²) in [6.45, 7) is 2.54. The minimum absolute atomic E-state index is 0.0616. The Morgan fingerprint density at radius 2 is 2.10 bits per heavy atom. The van der Waals surface area contributed by atoms with Gasteiger partial charge in [-0.25, -0.2) is 0 Å². The molecule has 2 N–H and O–H groups in total. The van der Waals surface area contributed by atoms with Gasteiger partial charge in [0, 0.05) is 18.7 Å². The molecule has 5 nitrogen and oxygen atoms in total. The van der Waals surface area contributed by atoms with Gasteiger partial charge in [0.2, 0.25) is 5.91 Å². The quantitative estimate of drug-likeness (QED) is 0.865. The Hall–Kier alpha value is -1.88. The molecule has 0 bridgehead atoms. The Balaban J connectivity index is 1.94. The molecule has 1 heterocycles. The minimum Gasteiger partial charge on any atom is -0.481 e. The standard InChI is InChI=1S/C15H19NO4/c1-10-4-6-11(7-5-10)16-14(17)9-12(15(18)19)13-3-2-8-20-13/h4-7,12-13H,2-3,8-9H2,1H3,(H,16,17)(H,18,19)/t12-,13+/m1/s1. The fraction of sp³-hybridized carbons (Fsp3) is 0.467. The molecule has 1 aliphatic heterocycles. The molecule has 1 amide bonds. The summed E-state index contributed by atoms with van der Waals surface area (Å²) in [5.74, 6) is -2.05. The second-order valence-corrected chi connectivity index (χ2v) is 5.11. The van der Waals surface area contributed by atoms with E-state index < -0.39 is 11.9 Å². The zero-order chi connectivity index (χ0) is 14.5. The van der Waals surface area contributed by atoms with Crippen LogP contribution >= 0.6 is 0 Å². The number of nitrogens with one attached hydrogen (secondary N) is 1. The predicted octanol–water partition coefficient (Wildman–Crippen LogP) is 2.20. The smallest absolute Gasteiger partial charge is 0.309 e. The number of carboxylic acid groups (broad SMARTS) is 1. The highest BCUT2D eigenvalue weighted by Crippen LogP contribution is 2.24. The van der Waals surface area contributed by atoms with E-state index in [0.717, 1.165) is 12.0 Å². The first kappa shape index (κ1) is 14.5. The fourth-order valence-corrected chi connectivity index (χ4v) is 2.35. The van der Waals surface area contributed by atoms with Gasteiger partial charge < -0.3 is 15.2 Å². The molecule has 1 aliphatic rings. The maximum Gasteiger partial charge on any atom is 0.309 e. The molecule has 20 heavy (non-hydrogen) atoms. The number of benzene rings is 1. The first-order valence-electron chi connectivity index (χ1n) is 6.77. The fourth-order valence-electron chi connectivity index (χ4n) is 2.35. The maximum absolute atomic E-state index is 11.9. The Morgan fingerprint density at radius 1 is 1.40 bits per heavy atom. The Bertz CT molecular complexity index is 477. The molecule has 5 heteroatoms. The summed E-state index contributed by atoms with van der Waals surface area (Å²) in [6.07, 6.45) is 1.15. The molecule has 1 aromatic carbocycles. The van der Waals surface area contributed by atoms with Gasteiger partial charge in [0.1, 0.15) is 0 Å². The lowest BCUT2D eigenvalue weighted by molar-refractivity contribution is -0.148. The van der Waals surface area contributed by atoms with Crippen molar-refractivity contribution in [1.29, 1.82) is 0 Å². The van der Waals surface area contributed by atoms with Gasteiger partial charge in [-0.05, 0) is 31.9 Å². The largest absolute Gasteiger partial charge is 0.481 e. The number of carbonyl (C=O) groups excluding carboxylic acids is 1. The number of anilines is 1. The van der Waals surface area contributed by atoms with Gasteiger partial charge in [0.15, 0.2) is 0 Å². The summed E-state index contributed by atoms with van der Waals surface area (Å²) in [5, 5.41) is 11.9. The van der Waals surface area contributed by atoms with Crippen LogP contribution in [0, 0.1) is 12.8 Å². The third-order valence-electron chi connectivity index (χ3n) is 3.47. The molecular weight excluding hydrogens is 258 g/mol. The third kappa shape index (κ3) is 3.81. The van der Waals surface area contributed by atoms with Crippen LogP contribution in [0.3, 0.4) is 0 Å².